The van der Waals surface area contributed by atoms with Crippen molar-refractivity contribution in [1.82, 2.24) is 5.32 Å². The zero-order chi connectivity index (χ0) is 20.0. The molecule has 0 aliphatic carbocycles. The van der Waals surface area contributed by atoms with Crippen LogP contribution in [0.25, 0.3) is 0 Å². The molecule has 1 rings (SSSR count). The Morgan fingerprint density at radius 1 is 1.31 bits per heavy atom. The molecule has 0 unspecified atom stereocenters. The third-order valence-corrected chi connectivity index (χ3v) is 3.27. The van der Waals surface area contributed by atoms with Gasteiger partial charge in [0, 0.05) is 0 Å². The second-order valence-corrected chi connectivity index (χ2v) is 7.52. The first-order valence-corrected chi connectivity index (χ1v) is 8.42. The van der Waals surface area contributed by atoms with Crippen molar-refractivity contribution in [3.8, 4) is 5.75 Å². The van der Waals surface area contributed by atoms with Crippen LogP contribution in [0.5, 0.6) is 5.75 Å². The van der Waals surface area contributed by atoms with E-state index in [1.807, 2.05) is 0 Å². The fourth-order valence-corrected chi connectivity index (χ4v) is 2.07. The third-order valence-electron chi connectivity index (χ3n) is 3.27. The molecule has 0 bridgehead atoms. The summed E-state index contributed by atoms with van der Waals surface area (Å²) in [4.78, 5) is 23.2. The number of benzene rings is 1. The summed E-state index contributed by atoms with van der Waals surface area (Å²) < 4.78 is 29.5. The van der Waals surface area contributed by atoms with E-state index in [1.54, 1.807) is 47.6 Å². The van der Waals surface area contributed by atoms with Crippen LogP contribution in [0.2, 0.25) is 0 Å². The number of hydrogen-bond acceptors (Lipinski definition) is 5. The first-order valence-electron chi connectivity index (χ1n) is 8.42. The number of carbonyl (C=O) groups is 2. The zero-order valence-electron chi connectivity index (χ0n) is 16.2. The van der Waals surface area contributed by atoms with E-state index in [2.05, 4.69) is 5.32 Å². The standard InChI is InChI=1S/C19H28FNO5/c1-13-9-15(20)7-8-16(13)25-14(2)10-24-12-19(6,11-22)21-17(23)26-18(3,4)5/h7-9,11,14H,10,12H2,1-6H3,(H,21,23)/t14-,19+/m0/s1. The summed E-state index contributed by atoms with van der Waals surface area (Å²) in [6, 6.07) is 4.27. The van der Waals surface area contributed by atoms with Crippen molar-refractivity contribution in [3.05, 3.63) is 29.6 Å². The number of ether oxygens (including phenoxy) is 3. The van der Waals surface area contributed by atoms with Gasteiger partial charge in [0.2, 0.25) is 0 Å². The molecule has 0 radical (unpaired) electrons. The number of aldehydes is 1. The highest BCUT2D eigenvalue weighted by Crippen LogP contribution is 2.20. The summed E-state index contributed by atoms with van der Waals surface area (Å²) in [7, 11) is 0. The number of alkyl carbamates (subject to hydrolysis) is 1. The van der Waals surface area contributed by atoms with Crippen LogP contribution in [0.1, 0.15) is 40.2 Å². The normalized spacial score (nSPS) is 14.9. The van der Waals surface area contributed by atoms with Gasteiger partial charge in [0.1, 0.15) is 35.1 Å². The maximum Gasteiger partial charge on any atom is 0.408 e. The summed E-state index contributed by atoms with van der Waals surface area (Å²) in [6.07, 6.45) is -0.412. The van der Waals surface area contributed by atoms with Gasteiger partial charge in [-0.1, -0.05) is 0 Å². The van der Waals surface area contributed by atoms with E-state index in [9.17, 15) is 14.0 Å². The van der Waals surface area contributed by atoms with Crippen LogP contribution in [0.15, 0.2) is 18.2 Å². The molecule has 0 aromatic heterocycles. The van der Waals surface area contributed by atoms with Crippen molar-refractivity contribution in [2.75, 3.05) is 13.2 Å². The van der Waals surface area contributed by atoms with Gasteiger partial charge < -0.3 is 24.3 Å². The van der Waals surface area contributed by atoms with E-state index in [4.69, 9.17) is 14.2 Å². The highest BCUT2D eigenvalue weighted by atomic mass is 19.1. The van der Waals surface area contributed by atoms with Crippen molar-refractivity contribution in [2.45, 2.75) is 58.8 Å². The van der Waals surface area contributed by atoms with Crippen LogP contribution in [0.3, 0.4) is 0 Å². The van der Waals surface area contributed by atoms with Gasteiger partial charge in [0.15, 0.2) is 0 Å². The lowest BCUT2D eigenvalue weighted by Crippen LogP contribution is -2.52. The lowest BCUT2D eigenvalue weighted by molar-refractivity contribution is -0.115. The number of rotatable bonds is 8. The molecule has 7 heteroatoms. The molecule has 0 fully saturated rings. The van der Waals surface area contributed by atoms with Crippen LogP contribution in [0.4, 0.5) is 9.18 Å². The first-order chi connectivity index (χ1) is 11.9. The number of hydrogen-bond donors (Lipinski definition) is 1. The molecule has 0 heterocycles. The van der Waals surface area contributed by atoms with Gasteiger partial charge >= 0.3 is 6.09 Å². The fraction of sp³-hybridized carbons (Fsp3) is 0.579. The minimum atomic E-state index is -1.21. The van der Waals surface area contributed by atoms with Crippen LogP contribution in [-0.4, -0.2) is 42.8 Å². The molecule has 1 amide bonds. The average Bonchev–Trinajstić information content (AvgIpc) is 2.48. The molecular weight excluding hydrogens is 341 g/mol. The Hall–Kier alpha value is -2.15. The molecule has 0 aliphatic rings. The summed E-state index contributed by atoms with van der Waals surface area (Å²) in [6.45, 7) is 10.4. The van der Waals surface area contributed by atoms with Gasteiger partial charge in [0.25, 0.3) is 0 Å². The maximum absolute atomic E-state index is 13.1. The van der Waals surface area contributed by atoms with E-state index >= 15 is 0 Å². The van der Waals surface area contributed by atoms with Gasteiger partial charge in [-0.3, -0.25) is 0 Å². The van der Waals surface area contributed by atoms with Gasteiger partial charge in [-0.25, -0.2) is 9.18 Å². The lowest BCUT2D eigenvalue weighted by atomic mass is 10.1. The predicted molar refractivity (Wildman–Crippen MR) is 95.9 cm³/mol. The Balaban J connectivity index is 2.50. The highest BCUT2D eigenvalue weighted by Gasteiger charge is 2.29. The Kier molecular flexibility index (Phi) is 7.56. The molecule has 2 atom stereocenters. The van der Waals surface area contributed by atoms with Gasteiger partial charge in [-0.2, -0.15) is 0 Å². The maximum atomic E-state index is 13.1. The van der Waals surface area contributed by atoms with E-state index in [0.29, 0.717) is 17.6 Å². The molecule has 1 aromatic rings. The second-order valence-electron chi connectivity index (χ2n) is 7.52. The summed E-state index contributed by atoms with van der Waals surface area (Å²) >= 11 is 0. The summed E-state index contributed by atoms with van der Waals surface area (Å²) in [5.41, 5.74) is -1.20. The SMILES string of the molecule is Cc1cc(F)ccc1O[C@@H](C)COC[C@@](C)(C=O)NC(=O)OC(C)(C)C. The van der Waals surface area contributed by atoms with Crippen molar-refractivity contribution < 1.29 is 28.2 Å². The molecule has 6 nitrogen and oxygen atoms in total. The number of nitrogens with one attached hydrogen (secondary N) is 1. The number of halogens is 1. The van der Waals surface area contributed by atoms with Crippen LogP contribution in [-0.2, 0) is 14.3 Å². The topological polar surface area (TPSA) is 73.9 Å². The quantitative estimate of drug-likeness (QED) is 0.711. The molecule has 0 saturated heterocycles. The first kappa shape index (κ1) is 21.9. The third kappa shape index (κ3) is 7.82. The molecule has 0 aliphatic heterocycles. The Bertz CT molecular complexity index is 629. The van der Waals surface area contributed by atoms with E-state index in [1.165, 1.54) is 12.1 Å². The van der Waals surface area contributed by atoms with Crippen molar-refractivity contribution in [3.63, 3.8) is 0 Å². The number of amides is 1. The van der Waals surface area contributed by atoms with Crippen LogP contribution >= 0.6 is 0 Å². The van der Waals surface area contributed by atoms with Crippen molar-refractivity contribution in [2.24, 2.45) is 0 Å². The van der Waals surface area contributed by atoms with Crippen LogP contribution in [0, 0.1) is 12.7 Å². The smallest absolute Gasteiger partial charge is 0.408 e. The highest BCUT2D eigenvalue weighted by molar-refractivity contribution is 5.76. The average molecular weight is 369 g/mol. The van der Waals surface area contributed by atoms with E-state index in [-0.39, 0.29) is 25.1 Å². The van der Waals surface area contributed by atoms with Crippen molar-refractivity contribution >= 4 is 12.4 Å². The molecule has 1 aromatic carbocycles. The summed E-state index contributed by atoms with van der Waals surface area (Å²) in [5.74, 6) is 0.237. The van der Waals surface area contributed by atoms with E-state index < -0.39 is 17.2 Å². The minimum Gasteiger partial charge on any atom is -0.488 e. The van der Waals surface area contributed by atoms with Gasteiger partial charge in [-0.05, 0) is 65.3 Å². The van der Waals surface area contributed by atoms with Crippen molar-refractivity contribution in [1.29, 1.82) is 0 Å². The predicted octanol–water partition coefficient (Wildman–Crippen LogP) is 3.40. The molecule has 26 heavy (non-hydrogen) atoms. The lowest BCUT2D eigenvalue weighted by Gasteiger charge is -2.27. The Morgan fingerprint density at radius 3 is 2.50 bits per heavy atom. The summed E-state index contributed by atoms with van der Waals surface area (Å²) in [5, 5.41) is 2.50. The number of carbonyl (C=O) groups excluding carboxylic acids is 2. The molecule has 1 N–H and O–H groups in total. The molecular formula is C19H28FNO5. The fourth-order valence-electron chi connectivity index (χ4n) is 2.07. The van der Waals surface area contributed by atoms with Gasteiger partial charge in [0.05, 0.1) is 13.2 Å². The monoisotopic (exact) mass is 369 g/mol. The Labute approximate surface area is 154 Å². The molecule has 146 valence electrons. The Morgan fingerprint density at radius 2 is 1.96 bits per heavy atom. The minimum absolute atomic E-state index is 0.0359. The van der Waals surface area contributed by atoms with Crippen LogP contribution < -0.4 is 10.1 Å². The molecule has 0 spiro atoms. The molecule has 0 saturated carbocycles. The van der Waals surface area contributed by atoms with E-state index in [0.717, 1.165) is 0 Å². The van der Waals surface area contributed by atoms with Gasteiger partial charge in [-0.15, -0.1) is 0 Å². The zero-order valence-corrected chi connectivity index (χ0v) is 16.2. The second kappa shape index (κ2) is 8.98. The number of aryl methyl sites for hydroxylation is 1. The largest absolute Gasteiger partial charge is 0.488 e.